The lowest BCUT2D eigenvalue weighted by Crippen LogP contribution is -2.34. The number of ether oxygens (including phenoxy) is 3. The molecule has 32 heavy (non-hydrogen) atoms. The third kappa shape index (κ3) is 5.49. The number of aromatic nitrogens is 4. The van der Waals surface area contributed by atoms with E-state index in [9.17, 15) is 0 Å². The molecule has 9 heteroatoms. The molecule has 2 atom stereocenters. The van der Waals surface area contributed by atoms with Crippen molar-refractivity contribution in [3.63, 3.8) is 0 Å². The molecule has 0 radical (unpaired) electrons. The summed E-state index contributed by atoms with van der Waals surface area (Å²) in [5.74, 6) is 0.249. The molecule has 0 spiro atoms. The van der Waals surface area contributed by atoms with Crippen molar-refractivity contribution in [2.45, 2.75) is 25.4 Å². The number of halogens is 2. The van der Waals surface area contributed by atoms with Crippen LogP contribution in [0.3, 0.4) is 0 Å². The highest BCUT2D eigenvalue weighted by Crippen LogP contribution is 2.41. The maximum Gasteiger partial charge on any atom is 0.217 e. The number of hydrogen-bond donors (Lipinski definition) is 1. The first-order chi connectivity index (χ1) is 15.5. The van der Waals surface area contributed by atoms with Gasteiger partial charge in [-0.3, -0.25) is 0 Å². The van der Waals surface area contributed by atoms with Crippen molar-refractivity contribution >= 4 is 23.2 Å². The number of nitrogens with one attached hydrogen (secondary N) is 1. The fourth-order valence-electron chi connectivity index (χ4n) is 3.27. The highest BCUT2D eigenvalue weighted by atomic mass is 35.5. The van der Waals surface area contributed by atoms with Crippen molar-refractivity contribution in [2.75, 3.05) is 6.61 Å². The largest absolute Gasteiger partial charge is 0.457 e. The van der Waals surface area contributed by atoms with E-state index in [2.05, 4.69) is 15.1 Å². The zero-order valence-corrected chi connectivity index (χ0v) is 18.8. The Labute approximate surface area is 195 Å². The Hall–Kier alpha value is -2.84. The van der Waals surface area contributed by atoms with Gasteiger partial charge in [-0.15, -0.1) is 0 Å². The lowest BCUT2D eigenvalue weighted by Gasteiger charge is -2.29. The zero-order valence-electron chi connectivity index (χ0n) is 17.3. The Morgan fingerprint density at radius 3 is 2.44 bits per heavy atom. The topological polar surface area (TPSA) is 74.2 Å². The van der Waals surface area contributed by atoms with Crippen LogP contribution >= 0.6 is 23.2 Å². The molecule has 0 amide bonds. The average Bonchev–Trinajstić information content (AvgIpc) is 3.55. The van der Waals surface area contributed by atoms with E-state index in [0.717, 1.165) is 0 Å². The van der Waals surface area contributed by atoms with Gasteiger partial charge in [0.15, 0.2) is 0 Å². The van der Waals surface area contributed by atoms with E-state index in [-0.39, 0.29) is 6.10 Å². The average molecular weight is 473 g/mol. The molecule has 2 unspecified atom stereocenters. The zero-order chi connectivity index (χ0) is 22.4. The summed E-state index contributed by atoms with van der Waals surface area (Å²) < 4.78 is 19.6. The van der Waals surface area contributed by atoms with Gasteiger partial charge in [0, 0.05) is 23.0 Å². The predicted octanol–water partition coefficient (Wildman–Crippen LogP) is 5.68. The van der Waals surface area contributed by atoms with Crippen LogP contribution in [0.1, 0.15) is 12.5 Å². The standard InChI is InChI=1S/C19H17Cl2N3O3.C4H5N/c1-13-9-25-19(27-13,10-24-12-22-11-23-24)17-7-6-16(8-18(17)21)26-15-4-2-14(20)3-5-15;1-2-4-5-3-1/h2-8,11-13H,9-10H2,1H3;1-5H. The van der Waals surface area contributed by atoms with Crippen LogP contribution in [0.5, 0.6) is 11.5 Å². The van der Waals surface area contributed by atoms with Gasteiger partial charge in [-0.2, -0.15) is 5.10 Å². The van der Waals surface area contributed by atoms with Gasteiger partial charge in [-0.25, -0.2) is 9.67 Å². The lowest BCUT2D eigenvalue weighted by atomic mass is 10.1. The summed E-state index contributed by atoms with van der Waals surface area (Å²) in [5, 5.41) is 5.28. The fraction of sp³-hybridized carbons (Fsp3) is 0.217. The fourth-order valence-corrected chi connectivity index (χ4v) is 3.71. The molecule has 0 saturated carbocycles. The third-order valence-electron chi connectivity index (χ3n) is 4.68. The molecule has 2 aromatic heterocycles. The first kappa shape index (κ1) is 22.4. The molecule has 5 rings (SSSR count). The van der Waals surface area contributed by atoms with E-state index in [1.54, 1.807) is 41.3 Å². The molecular formula is C23H22Cl2N4O3. The van der Waals surface area contributed by atoms with Gasteiger partial charge in [0.2, 0.25) is 5.79 Å². The van der Waals surface area contributed by atoms with Crippen molar-refractivity contribution < 1.29 is 14.2 Å². The summed E-state index contributed by atoms with van der Waals surface area (Å²) in [6, 6.07) is 16.4. The van der Waals surface area contributed by atoms with Gasteiger partial charge in [-0.05, 0) is 61.5 Å². The normalized spacial score (nSPS) is 19.9. The maximum atomic E-state index is 6.57. The van der Waals surface area contributed by atoms with Gasteiger partial charge in [0.1, 0.15) is 30.7 Å². The minimum Gasteiger partial charge on any atom is -0.457 e. The Balaban J connectivity index is 0.000000433. The SMILES string of the molecule is CC1COC(Cn2cncn2)(c2ccc(Oc3ccc(Cl)cc3)cc2Cl)O1.c1cc[nH]c1. The first-order valence-corrected chi connectivity index (χ1v) is 10.7. The van der Waals surface area contributed by atoms with E-state index in [1.807, 2.05) is 43.6 Å². The Kier molecular flexibility index (Phi) is 7.12. The van der Waals surface area contributed by atoms with Gasteiger partial charge in [0.05, 0.1) is 17.7 Å². The molecule has 0 aliphatic carbocycles. The number of H-pyrrole nitrogens is 1. The first-order valence-electron chi connectivity index (χ1n) is 9.99. The van der Waals surface area contributed by atoms with Crippen molar-refractivity contribution in [1.29, 1.82) is 0 Å². The number of aromatic amines is 1. The quantitative estimate of drug-likeness (QED) is 0.404. The van der Waals surface area contributed by atoms with Crippen molar-refractivity contribution in [2.24, 2.45) is 0 Å². The summed E-state index contributed by atoms with van der Waals surface area (Å²) >= 11 is 12.5. The molecule has 2 aromatic carbocycles. The Bertz CT molecular complexity index is 1090. The number of hydrogen-bond acceptors (Lipinski definition) is 5. The minimum atomic E-state index is -1.02. The third-order valence-corrected chi connectivity index (χ3v) is 5.24. The van der Waals surface area contributed by atoms with Crippen LogP contribution in [0.2, 0.25) is 10.0 Å². The van der Waals surface area contributed by atoms with Crippen LogP contribution < -0.4 is 4.74 Å². The van der Waals surface area contributed by atoms with Crippen LogP contribution in [-0.2, 0) is 21.8 Å². The van der Waals surface area contributed by atoms with Crippen LogP contribution in [0.4, 0.5) is 0 Å². The Morgan fingerprint density at radius 2 is 1.88 bits per heavy atom. The summed E-state index contributed by atoms with van der Waals surface area (Å²) in [7, 11) is 0. The summed E-state index contributed by atoms with van der Waals surface area (Å²) in [6.45, 7) is 2.76. The van der Waals surface area contributed by atoms with Crippen molar-refractivity contribution in [3.05, 3.63) is 95.3 Å². The minimum absolute atomic E-state index is 0.0606. The molecular weight excluding hydrogens is 451 g/mol. The van der Waals surface area contributed by atoms with Crippen LogP contribution in [0.15, 0.2) is 79.6 Å². The van der Waals surface area contributed by atoms with E-state index in [4.69, 9.17) is 37.4 Å². The summed E-state index contributed by atoms with van der Waals surface area (Å²) in [5.41, 5.74) is 0.715. The van der Waals surface area contributed by atoms with E-state index in [1.165, 1.54) is 6.33 Å². The number of nitrogens with zero attached hydrogens (tertiary/aromatic N) is 3. The van der Waals surface area contributed by atoms with Gasteiger partial charge in [-0.1, -0.05) is 23.2 Å². The molecule has 1 aliphatic rings. The number of rotatable bonds is 5. The second-order valence-corrected chi connectivity index (χ2v) is 8.01. The van der Waals surface area contributed by atoms with Crippen molar-refractivity contribution in [1.82, 2.24) is 19.7 Å². The second-order valence-electron chi connectivity index (χ2n) is 7.17. The highest BCUT2D eigenvalue weighted by Gasteiger charge is 2.44. The van der Waals surface area contributed by atoms with E-state index < -0.39 is 5.79 Å². The molecule has 1 fully saturated rings. The maximum absolute atomic E-state index is 6.57. The van der Waals surface area contributed by atoms with Crippen molar-refractivity contribution in [3.8, 4) is 11.5 Å². The molecule has 3 heterocycles. The van der Waals surface area contributed by atoms with E-state index in [0.29, 0.717) is 40.3 Å². The van der Waals surface area contributed by atoms with Crippen LogP contribution in [0.25, 0.3) is 0 Å². The lowest BCUT2D eigenvalue weighted by molar-refractivity contribution is -0.186. The van der Waals surface area contributed by atoms with Crippen LogP contribution in [0, 0.1) is 0 Å². The molecule has 1 saturated heterocycles. The number of benzene rings is 2. The molecule has 1 aliphatic heterocycles. The molecule has 4 aromatic rings. The van der Waals surface area contributed by atoms with Gasteiger partial charge < -0.3 is 19.2 Å². The van der Waals surface area contributed by atoms with Gasteiger partial charge >= 0.3 is 0 Å². The van der Waals surface area contributed by atoms with E-state index >= 15 is 0 Å². The highest BCUT2D eigenvalue weighted by molar-refractivity contribution is 6.31. The predicted molar refractivity (Wildman–Crippen MR) is 122 cm³/mol. The molecule has 1 N–H and O–H groups in total. The smallest absolute Gasteiger partial charge is 0.217 e. The monoisotopic (exact) mass is 472 g/mol. The van der Waals surface area contributed by atoms with Gasteiger partial charge in [0.25, 0.3) is 0 Å². The van der Waals surface area contributed by atoms with Crippen LogP contribution in [-0.4, -0.2) is 32.5 Å². The second kappa shape index (κ2) is 10.2. The summed E-state index contributed by atoms with van der Waals surface area (Å²) in [4.78, 5) is 6.84. The molecule has 166 valence electrons. The molecule has 7 nitrogen and oxygen atoms in total. The summed E-state index contributed by atoms with van der Waals surface area (Å²) in [6.07, 6.45) is 6.77. The Morgan fingerprint density at radius 1 is 1.12 bits per heavy atom. The molecule has 0 bridgehead atoms.